The molecule has 5 nitrogen and oxygen atoms in total. The Morgan fingerprint density at radius 2 is 1.71 bits per heavy atom. The largest absolute Gasteiger partial charge is 0.490 e. The number of nitrogens with zero attached hydrogens (tertiary/aromatic N) is 1. The Hall–Kier alpha value is -2.78. The first kappa shape index (κ1) is 21.5. The molecule has 0 bridgehead atoms. The van der Waals surface area contributed by atoms with Crippen LogP contribution in [0.15, 0.2) is 46.4 Å². The van der Waals surface area contributed by atoms with Gasteiger partial charge in [0, 0.05) is 10.2 Å². The van der Waals surface area contributed by atoms with Crippen LogP contribution in [0.1, 0.15) is 31.9 Å². The van der Waals surface area contributed by atoms with E-state index in [1.165, 1.54) is 11.6 Å². The van der Waals surface area contributed by atoms with E-state index >= 15 is 0 Å². The highest BCUT2D eigenvalue weighted by atomic mass is 79.9. The van der Waals surface area contributed by atoms with Crippen molar-refractivity contribution in [3.63, 3.8) is 0 Å². The van der Waals surface area contributed by atoms with Crippen LogP contribution in [0, 0.1) is 11.3 Å². The van der Waals surface area contributed by atoms with Crippen LogP contribution in [0.5, 0.6) is 11.5 Å². The predicted molar refractivity (Wildman–Crippen MR) is 115 cm³/mol. The van der Waals surface area contributed by atoms with Crippen molar-refractivity contribution in [3.05, 3.63) is 57.6 Å². The molecule has 0 radical (unpaired) electrons. The number of anilines is 1. The fourth-order valence-corrected chi connectivity index (χ4v) is 2.96. The molecule has 2 aromatic rings. The molecule has 0 saturated carbocycles. The zero-order chi connectivity index (χ0) is 20.5. The van der Waals surface area contributed by atoms with E-state index in [1.807, 2.05) is 44.2 Å². The monoisotopic (exact) mass is 442 g/mol. The van der Waals surface area contributed by atoms with E-state index in [1.54, 1.807) is 12.1 Å². The fraction of sp³-hybridized carbons (Fsp3) is 0.273. The highest BCUT2D eigenvalue weighted by molar-refractivity contribution is 9.10. The van der Waals surface area contributed by atoms with Crippen LogP contribution in [0.3, 0.4) is 0 Å². The lowest BCUT2D eigenvalue weighted by atomic mass is 10.1. The summed E-state index contributed by atoms with van der Waals surface area (Å²) in [6.45, 7) is 6.82. The molecular formula is C22H23BrN2O3. The molecule has 146 valence electrons. The molecule has 0 fully saturated rings. The summed E-state index contributed by atoms with van der Waals surface area (Å²) in [7, 11) is 0. The molecule has 0 heterocycles. The van der Waals surface area contributed by atoms with Crippen LogP contribution < -0.4 is 14.8 Å². The molecule has 2 rings (SSSR count). The minimum Gasteiger partial charge on any atom is -0.490 e. The van der Waals surface area contributed by atoms with Crippen molar-refractivity contribution in [2.45, 2.75) is 27.2 Å². The Balaban J connectivity index is 2.30. The number of nitriles is 1. The van der Waals surface area contributed by atoms with Gasteiger partial charge in [-0.15, -0.1) is 0 Å². The third-order valence-corrected chi connectivity index (χ3v) is 4.63. The van der Waals surface area contributed by atoms with Crippen molar-refractivity contribution in [1.82, 2.24) is 0 Å². The summed E-state index contributed by atoms with van der Waals surface area (Å²) >= 11 is 3.47. The molecule has 1 amide bonds. The van der Waals surface area contributed by atoms with E-state index in [0.717, 1.165) is 6.42 Å². The standard InChI is InChI=1S/C22H23BrN2O3/c1-4-15-7-9-18(10-8-15)25-22(26)17(14-24)11-16-12-20(27-5-2)21(28-6-3)13-19(16)23/h7-13H,4-6H2,1-3H3,(H,25,26)/b17-11-. The molecule has 2 aromatic carbocycles. The van der Waals surface area contributed by atoms with E-state index in [0.29, 0.717) is 40.4 Å². The zero-order valence-electron chi connectivity index (χ0n) is 16.2. The molecule has 0 saturated heterocycles. The Bertz CT molecular complexity index is 899. The Labute approximate surface area is 174 Å². The summed E-state index contributed by atoms with van der Waals surface area (Å²) in [6, 6.07) is 13.0. The first-order valence-electron chi connectivity index (χ1n) is 9.13. The average Bonchev–Trinajstić information content (AvgIpc) is 2.69. The van der Waals surface area contributed by atoms with Crippen molar-refractivity contribution in [2.75, 3.05) is 18.5 Å². The van der Waals surface area contributed by atoms with Crippen molar-refractivity contribution in [1.29, 1.82) is 5.26 Å². The van der Waals surface area contributed by atoms with Crippen LogP contribution in [-0.2, 0) is 11.2 Å². The maximum absolute atomic E-state index is 12.5. The van der Waals surface area contributed by atoms with Gasteiger partial charge in [-0.2, -0.15) is 5.26 Å². The minimum absolute atomic E-state index is 0.00752. The molecule has 28 heavy (non-hydrogen) atoms. The number of ether oxygens (including phenoxy) is 2. The maximum Gasteiger partial charge on any atom is 0.266 e. The smallest absolute Gasteiger partial charge is 0.266 e. The number of halogens is 1. The second kappa shape index (κ2) is 10.5. The third-order valence-electron chi connectivity index (χ3n) is 3.95. The van der Waals surface area contributed by atoms with Gasteiger partial charge in [0.1, 0.15) is 11.6 Å². The normalized spacial score (nSPS) is 10.9. The second-order valence-electron chi connectivity index (χ2n) is 5.86. The molecule has 0 spiro atoms. The number of rotatable bonds is 8. The molecular weight excluding hydrogens is 420 g/mol. The maximum atomic E-state index is 12.5. The van der Waals surface area contributed by atoms with Gasteiger partial charge < -0.3 is 14.8 Å². The van der Waals surface area contributed by atoms with Gasteiger partial charge in [-0.3, -0.25) is 4.79 Å². The van der Waals surface area contributed by atoms with Gasteiger partial charge in [-0.25, -0.2) is 0 Å². The molecule has 0 aliphatic carbocycles. The number of aryl methyl sites for hydroxylation is 1. The molecule has 6 heteroatoms. The van der Waals surface area contributed by atoms with Crippen LogP contribution >= 0.6 is 15.9 Å². The van der Waals surface area contributed by atoms with E-state index in [2.05, 4.69) is 28.2 Å². The van der Waals surface area contributed by atoms with Crippen LogP contribution in [0.4, 0.5) is 5.69 Å². The molecule has 1 N–H and O–H groups in total. The summed E-state index contributed by atoms with van der Waals surface area (Å²) in [6.07, 6.45) is 2.45. The molecule has 0 aliphatic heterocycles. The molecule has 0 atom stereocenters. The van der Waals surface area contributed by atoms with Crippen LogP contribution in [-0.4, -0.2) is 19.1 Å². The van der Waals surface area contributed by atoms with Gasteiger partial charge >= 0.3 is 0 Å². The number of carbonyl (C=O) groups is 1. The highest BCUT2D eigenvalue weighted by Gasteiger charge is 2.14. The Morgan fingerprint density at radius 3 is 2.25 bits per heavy atom. The predicted octanol–water partition coefficient (Wildman–Crippen LogP) is 5.35. The quantitative estimate of drug-likeness (QED) is 0.441. The Morgan fingerprint density at radius 1 is 1.11 bits per heavy atom. The first-order chi connectivity index (χ1) is 13.5. The summed E-state index contributed by atoms with van der Waals surface area (Å²) in [5.41, 5.74) is 2.46. The van der Waals surface area contributed by atoms with Crippen molar-refractivity contribution in [3.8, 4) is 17.6 Å². The van der Waals surface area contributed by atoms with Gasteiger partial charge in [0.15, 0.2) is 11.5 Å². The summed E-state index contributed by atoms with van der Waals surface area (Å²) in [5, 5.41) is 12.2. The number of nitrogens with one attached hydrogen (secondary N) is 1. The summed E-state index contributed by atoms with van der Waals surface area (Å²) in [4.78, 5) is 12.5. The molecule has 0 aromatic heterocycles. The topological polar surface area (TPSA) is 71.3 Å². The van der Waals surface area contributed by atoms with E-state index in [-0.39, 0.29) is 5.57 Å². The molecule has 0 aliphatic rings. The second-order valence-corrected chi connectivity index (χ2v) is 6.72. The average molecular weight is 443 g/mol. The van der Waals surface area contributed by atoms with Crippen molar-refractivity contribution >= 4 is 33.6 Å². The van der Waals surface area contributed by atoms with E-state index < -0.39 is 5.91 Å². The SMILES string of the molecule is CCOc1cc(Br)c(/C=C(/C#N)C(=O)Nc2ccc(CC)cc2)cc1OCC. The van der Waals surface area contributed by atoms with E-state index in [9.17, 15) is 10.1 Å². The lowest BCUT2D eigenvalue weighted by molar-refractivity contribution is -0.112. The minimum atomic E-state index is -0.467. The zero-order valence-corrected chi connectivity index (χ0v) is 17.8. The summed E-state index contributed by atoms with van der Waals surface area (Å²) in [5.74, 6) is 0.699. The van der Waals surface area contributed by atoms with Gasteiger partial charge in [0.2, 0.25) is 0 Å². The van der Waals surface area contributed by atoms with Gasteiger partial charge in [0.05, 0.1) is 13.2 Å². The fourth-order valence-electron chi connectivity index (χ4n) is 2.52. The van der Waals surface area contributed by atoms with E-state index in [4.69, 9.17) is 9.47 Å². The van der Waals surface area contributed by atoms with Gasteiger partial charge in [-0.05, 0) is 61.7 Å². The number of hydrogen-bond acceptors (Lipinski definition) is 4. The van der Waals surface area contributed by atoms with Gasteiger partial charge in [0.25, 0.3) is 5.91 Å². The number of amides is 1. The highest BCUT2D eigenvalue weighted by Crippen LogP contribution is 2.35. The molecule has 0 unspecified atom stereocenters. The number of hydrogen-bond donors (Lipinski definition) is 1. The first-order valence-corrected chi connectivity index (χ1v) is 9.92. The number of benzene rings is 2. The van der Waals surface area contributed by atoms with Crippen LogP contribution in [0.25, 0.3) is 6.08 Å². The Kier molecular flexibility index (Phi) is 8.09. The summed E-state index contributed by atoms with van der Waals surface area (Å²) < 4.78 is 11.9. The van der Waals surface area contributed by atoms with Crippen molar-refractivity contribution in [2.24, 2.45) is 0 Å². The number of carbonyl (C=O) groups excluding carboxylic acids is 1. The van der Waals surface area contributed by atoms with Gasteiger partial charge in [-0.1, -0.05) is 35.0 Å². The van der Waals surface area contributed by atoms with Crippen molar-refractivity contribution < 1.29 is 14.3 Å². The third kappa shape index (κ3) is 5.61. The van der Waals surface area contributed by atoms with Crippen LogP contribution in [0.2, 0.25) is 0 Å². The lowest BCUT2D eigenvalue weighted by Crippen LogP contribution is -2.13. The lowest BCUT2D eigenvalue weighted by Gasteiger charge is -2.13.